The molecule has 0 aliphatic heterocycles. The smallest absolute Gasteiger partial charge is 0.224 e. The van der Waals surface area contributed by atoms with Crippen molar-refractivity contribution in [2.24, 2.45) is 7.05 Å². The van der Waals surface area contributed by atoms with E-state index in [0.717, 1.165) is 24.1 Å². The molecule has 2 rings (SSSR count). The van der Waals surface area contributed by atoms with E-state index >= 15 is 0 Å². The van der Waals surface area contributed by atoms with Gasteiger partial charge in [-0.3, -0.25) is 9.59 Å². The maximum atomic E-state index is 12.4. The van der Waals surface area contributed by atoms with Crippen LogP contribution in [0.3, 0.4) is 0 Å². The number of nitrogens with zero attached hydrogens (tertiary/aromatic N) is 1. The van der Waals surface area contributed by atoms with Crippen LogP contribution in [0.25, 0.3) is 0 Å². The van der Waals surface area contributed by atoms with Crippen LogP contribution in [0, 0.1) is 6.92 Å². The first-order chi connectivity index (χ1) is 12.0. The number of nitrogens with one attached hydrogen (secondary N) is 1. The Bertz CT molecular complexity index is 767. The molecular formula is C20H26N2O3. The second kappa shape index (κ2) is 9.06. The molecule has 1 aromatic heterocycles. The average Bonchev–Trinajstić information content (AvgIpc) is 2.61. The van der Waals surface area contributed by atoms with Crippen molar-refractivity contribution >= 4 is 5.91 Å². The van der Waals surface area contributed by atoms with Crippen LogP contribution in [0.4, 0.5) is 0 Å². The van der Waals surface area contributed by atoms with E-state index < -0.39 is 0 Å². The zero-order valence-electron chi connectivity index (χ0n) is 15.2. The molecule has 0 saturated carbocycles. The standard InChI is InChI=1S/C20H26N2O3/c1-4-5-11-19(24)21-13-17-20(18(23)12-15(2)22(17)3)25-14-16-9-7-6-8-10-16/h6-10,12H,4-5,11,13-14H2,1-3H3,(H,21,24). The van der Waals surface area contributed by atoms with Crippen LogP contribution in [-0.2, 0) is 25.0 Å². The highest BCUT2D eigenvalue weighted by molar-refractivity contribution is 5.75. The molecule has 1 aromatic carbocycles. The lowest BCUT2D eigenvalue weighted by atomic mass is 10.2. The van der Waals surface area contributed by atoms with Gasteiger partial charge in [-0.1, -0.05) is 43.7 Å². The molecular weight excluding hydrogens is 316 g/mol. The number of benzene rings is 1. The summed E-state index contributed by atoms with van der Waals surface area (Å²) < 4.78 is 7.71. The first kappa shape index (κ1) is 18.8. The van der Waals surface area contributed by atoms with Crippen LogP contribution < -0.4 is 15.5 Å². The lowest BCUT2D eigenvalue weighted by molar-refractivity contribution is -0.121. The van der Waals surface area contributed by atoms with Gasteiger partial charge >= 0.3 is 0 Å². The van der Waals surface area contributed by atoms with Crippen molar-refractivity contribution < 1.29 is 9.53 Å². The Kier molecular flexibility index (Phi) is 6.81. The number of rotatable bonds is 8. The number of carbonyl (C=O) groups is 1. The highest BCUT2D eigenvalue weighted by Crippen LogP contribution is 2.16. The normalized spacial score (nSPS) is 10.5. The fourth-order valence-corrected chi connectivity index (χ4v) is 2.55. The van der Waals surface area contributed by atoms with Crippen molar-refractivity contribution in [3.8, 4) is 5.75 Å². The summed E-state index contributed by atoms with van der Waals surface area (Å²) in [5, 5.41) is 2.89. The first-order valence-corrected chi connectivity index (χ1v) is 8.65. The van der Waals surface area contributed by atoms with Gasteiger partial charge in [0, 0.05) is 25.2 Å². The fourth-order valence-electron chi connectivity index (χ4n) is 2.55. The van der Waals surface area contributed by atoms with Crippen molar-refractivity contribution in [3.05, 3.63) is 63.6 Å². The van der Waals surface area contributed by atoms with Crippen molar-refractivity contribution in [2.75, 3.05) is 0 Å². The molecule has 0 aliphatic carbocycles. The Hall–Kier alpha value is -2.56. The Labute approximate surface area is 148 Å². The summed E-state index contributed by atoms with van der Waals surface area (Å²) >= 11 is 0. The lowest BCUT2D eigenvalue weighted by Crippen LogP contribution is -2.27. The Morgan fingerprint density at radius 2 is 1.96 bits per heavy atom. The minimum Gasteiger partial charge on any atom is -0.483 e. The van der Waals surface area contributed by atoms with Crippen LogP contribution in [0.2, 0.25) is 0 Å². The molecule has 2 aromatic rings. The number of pyridine rings is 1. The van der Waals surface area contributed by atoms with Gasteiger partial charge in [0.15, 0.2) is 5.75 Å². The maximum Gasteiger partial charge on any atom is 0.224 e. The van der Waals surface area contributed by atoms with Crippen LogP contribution in [0.1, 0.15) is 43.1 Å². The molecule has 0 atom stereocenters. The summed E-state index contributed by atoms with van der Waals surface area (Å²) in [5.41, 5.74) is 2.34. The molecule has 0 aliphatic rings. The predicted molar refractivity (Wildman–Crippen MR) is 98.6 cm³/mol. The molecule has 0 fully saturated rings. The zero-order valence-corrected chi connectivity index (χ0v) is 15.2. The largest absolute Gasteiger partial charge is 0.483 e. The first-order valence-electron chi connectivity index (χ1n) is 8.65. The van der Waals surface area contributed by atoms with Crippen LogP contribution in [0.15, 0.2) is 41.2 Å². The van der Waals surface area contributed by atoms with Crippen molar-refractivity contribution in [1.82, 2.24) is 9.88 Å². The van der Waals surface area contributed by atoms with Crippen molar-refractivity contribution in [1.29, 1.82) is 0 Å². The average molecular weight is 342 g/mol. The van der Waals surface area contributed by atoms with Gasteiger partial charge in [0.2, 0.25) is 11.3 Å². The summed E-state index contributed by atoms with van der Waals surface area (Å²) in [4.78, 5) is 24.3. The minimum atomic E-state index is -0.163. The van der Waals surface area contributed by atoms with Crippen LogP contribution >= 0.6 is 0 Å². The summed E-state index contributed by atoms with van der Waals surface area (Å²) in [6.07, 6.45) is 2.33. The topological polar surface area (TPSA) is 60.3 Å². The van der Waals surface area contributed by atoms with Crippen molar-refractivity contribution in [2.45, 2.75) is 46.3 Å². The third-order valence-electron chi connectivity index (χ3n) is 4.20. The molecule has 0 unspecified atom stereocenters. The monoisotopic (exact) mass is 342 g/mol. The van der Waals surface area contributed by atoms with E-state index in [1.807, 2.05) is 55.8 Å². The summed E-state index contributed by atoms with van der Waals surface area (Å²) in [7, 11) is 1.87. The number of aromatic nitrogens is 1. The summed E-state index contributed by atoms with van der Waals surface area (Å²) in [6, 6.07) is 11.3. The van der Waals surface area contributed by atoms with E-state index in [-0.39, 0.29) is 17.9 Å². The van der Waals surface area contributed by atoms with Crippen LogP contribution in [-0.4, -0.2) is 10.5 Å². The Balaban J connectivity index is 2.18. The Morgan fingerprint density at radius 1 is 1.24 bits per heavy atom. The zero-order chi connectivity index (χ0) is 18.2. The van der Waals surface area contributed by atoms with Crippen molar-refractivity contribution in [3.63, 3.8) is 0 Å². The minimum absolute atomic E-state index is 0.00943. The fraction of sp³-hybridized carbons (Fsp3) is 0.400. The number of ether oxygens (including phenoxy) is 1. The third kappa shape index (κ3) is 5.21. The van der Waals surface area contributed by atoms with E-state index in [2.05, 4.69) is 5.32 Å². The molecule has 25 heavy (non-hydrogen) atoms. The third-order valence-corrected chi connectivity index (χ3v) is 4.20. The highest BCUT2D eigenvalue weighted by atomic mass is 16.5. The van der Waals surface area contributed by atoms with E-state index in [4.69, 9.17) is 4.74 Å². The Morgan fingerprint density at radius 3 is 2.64 bits per heavy atom. The van der Waals surface area contributed by atoms with E-state index in [9.17, 15) is 9.59 Å². The van der Waals surface area contributed by atoms with E-state index in [0.29, 0.717) is 24.5 Å². The van der Waals surface area contributed by atoms with E-state index in [1.165, 1.54) is 0 Å². The van der Waals surface area contributed by atoms with Crippen LogP contribution in [0.5, 0.6) is 5.75 Å². The van der Waals surface area contributed by atoms with Gasteiger partial charge in [0.05, 0.1) is 12.2 Å². The number of amides is 1. The van der Waals surface area contributed by atoms with Gasteiger partial charge in [-0.15, -0.1) is 0 Å². The molecule has 1 heterocycles. The van der Waals surface area contributed by atoms with Gasteiger partial charge in [-0.2, -0.15) is 0 Å². The number of hydrogen-bond acceptors (Lipinski definition) is 3. The second-order valence-electron chi connectivity index (χ2n) is 6.14. The number of aryl methyl sites for hydroxylation is 1. The molecule has 5 heteroatoms. The molecule has 5 nitrogen and oxygen atoms in total. The van der Waals surface area contributed by atoms with Gasteiger partial charge in [-0.25, -0.2) is 0 Å². The number of hydrogen-bond donors (Lipinski definition) is 1. The molecule has 0 bridgehead atoms. The summed E-state index contributed by atoms with van der Waals surface area (Å²) in [5.74, 6) is 0.289. The molecule has 134 valence electrons. The molecule has 1 N–H and O–H groups in total. The molecule has 0 spiro atoms. The second-order valence-corrected chi connectivity index (χ2v) is 6.14. The van der Waals surface area contributed by atoms with E-state index in [1.54, 1.807) is 6.07 Å². The highest BCUT2D eigenvalue weighted by Gasteiger charge is 2.14. The quantitative estimate of drug-likeness (QED) is 0.802. The molecule has 1 amide bonds. The van der Waals surface area contributed by atoms with Gasteiger partial charge < -0.3 is 14.6 Å². The van der Waals surface area contributed by atoms with Gasteiger partial charge in [-0.05, 0) is 18.9 Å². The molecule has 0 saturated heterocycles. The van der Waals surface area contributed by atoms with Gasteiger partial charge in [0.1, 0.15) is 6.61 Å². The van der Waals surface area contributed by atoms with Gasteiger partial charge in [0.25, 0.3) is 0 Å². The summed E-state index contributed by atoms with van der Waals surface area (Å²) in [6.45, 7) is 4.51. The number of carbonyl (C=O) groups excluding carboxylic acids is 1. The molecule has 0 radical (unpaired) electrons. The maximum absolute atomic E-state index is 12.4. The lowest BCUT2D eigenvalue weighted by Gasteiger charge is -2.17. The predicted octanol–water partition coefficient (Wildman–Crippen LogP) is 3.08. The SMILES string of the molecule is CCCCC(=O)NCc1c(OCc2ccccc2)c(=O)cc(C)n1C. The number of unbranched alkanes of at least 4 members (excludes halogenated alkanes) is 1.